The van der Waals surface area contributed by atoms with Crippen molar-refractivity contribution in [2.45, 2.75) is 32.5 Å². The van der Waals surface area contributed by atoms with E-state index in [2.05, 4.69) is 12.1 Å². The molecule has 0 saturated carbocycles. The number of ether oxygens (including phenoxy) is 2. The van der Waals surface area contributed by atoms with Gasteiger partial charge in [-0.2, -0.15) is 0 Å². The van der Waals surface area contributed by atoms with Gasteiger partial charge in [0, 0.05) is 6.42 Å². The summed E-state index contributed by atoms with van der Waals surface area (Å²) < 4.78 is 16.7. The maximum absolute atomic E-state index is 5.86. The van der Waals surface area contributed by atoms with Crippen molar-refractivity contribution in [2.24, 2.45) is 0 Å². The van der Waals surface area contributed by atoms with Crippen molar-refractivity contribution in [3.63, 3.8) is 0 Å². The molecule has 0 bridgehead atoms. The third-order valence-electron chi connectivity index (χ3n) is 2.73. The number of halogens is 6. The molecule has 0 unspecified atom stereocenters. The summed E-state index contributed by atoms with van der Waals surface area (Å²) in [6.45, 7) is 3.96. The molecular weight excluding hydrogens is 551 g/mol. The van der Waals surface area contributed by atoms with Gasteiger partial charge in [-0.05, 0) is 12.5 Å². The van der Waals surface area contributed by atoms with Crippen LogP contribution >= 0.6 is 53.0 Å². The predicted molar refractivity (Wildman–Crippen MR) is 107 cm³/mol. The molecule has 1 aromatic carbocycles. The third-order valence-corrected chi connectivity index (χ3v) is 2.73. The number of rotatable bonds is 4. The Labute approximate surface area is 162 Å². The average Bonchev–Trinajstić information content (AvgIpc) is 2.44. The molecule has 0 spiro atoms. The summed E-state index contributed by atoms with van der Waals surface area (Å²) in [5, 5.41) is 0. The van der Waals surface area contributed by atoms with Gasteiger partial charge >= 0.3 is 68.1 Å². The molecule has 24 heavy (non-hydrogen) atoms. The molecule has 1 atom stereocenters. The minimum atomic E-state index is -5.42. The first kappa shape index (κ1) is 23.2. The van der Waals surface area contributed by atoms with Gasteiger partial charge in [-0.1, -0.05) is 30.3 Å². The van der Waals surface area contributed by atoms with E-state index in [1.54, 1.807) is 0 Å². The number of carbonyl (C=O) groups excluding carboxylic acids is 1. The Kier molecular flexibility index (Phi) is 8.65. The third kappa shape index (κ3) is 15.5. The van der Waals surface area contributed by atoms with Crippen molar-refractivity contribution in [3.8, 4) is 0 Å². The summed E-state index contributed by atoms with van der Waals surface area (Å²) in [5.41, 5.74) is 1.21. The van der Waals surface area contributed by atoms with Crippen LogP contribution in [0.2, 0.25) is 0 Å². The van der Waals surface area contributed by atoms with Crippen LogP contribution in [0.15, 0.2) is 30.3 Å². The quantitative estimate of drug-likeness (QED) is 0.245. The van der Waals surface area contributed by atoms with E-state index in [4.69, 9.17) is 66.9 Å². The van der Waals surface area contributed by atoms with E-state index in [9.17, 15) is 0 Å². The zero-order valence-electron chi connectivity index (χ0n) is 12.9. The SMILES string of the molecule is CCOC1=[O+]CC[C@H](OCc2ccccc2)C1.[Cl][Sb-]([Cl])([Cl])([Cl])([Cl])[Cl]. The van der Waals surface area contributed by atoms with Crippen LogP contribution in [0.1, 0.15) is 25.3 Å². The standard InChI is InChI=1S/C14H19O3.6ClH.Sb/c1-2-15-14-10-13(8-9-16-14)17-11-12-6-4-3-5-7-12;;;;;;;/h3-7,13H,2,8-11H2,1H3;6*1H;/q+1;;;;;;;+5/p-6/t13-;;;;;;;/m0......./s1. The van der Waals surface area contributed by atoms with E-state index in [0.717, 1.165) is 18.8 Å². The van der Waals surface area contributed by atoms with Crippen molar-refractivity contribution < 1.29 is 13.9 Å². The molecule has 0 N–H and O–H groups in total. The van der Waals surface area contributed by atoms with Gasteiger partial charge in [0.05, 0.1) is 12.7 Å². The minimum absolute atomic E-state index is 0.213. The van der Waals surface area contributed by atoms with Crippen LogP contribution in [0.4, 0.5) is 0 Å². The van der Waals surface area contributed by atoms with E-state index in [0.29, 0.717) is 19.8 Å². The van der Waals surface area contributed by atoms with Crippen molar-refractivity contribution in [3.05, 3.63) is 35.9 Å². The summed E-state index contributed by atoms with van der Waals surface area (Å²) in [6, 6.07) is 10.2. The van der Waals surface area contributed by atoms with Crippen molar-refractivity contribution >= 4 is 68.1 Å². The molecule has 10 heteroatoms. The summed E-state index contributed by atoms with van der Waals surface area (Å²) in [4.78, 5) is 0. The first-order valence-electron chi connectivity index (χ1n) is 7.17. The van der Waals surface area contributed by atoms with E-state index in [1.807, 2.05) is 25.1 Å². The topological polar surface area (TPSA) is 29.8 Å². The number of hydrogen-bond acceptors (Lipinski definition) is 2. The molecular formula is C14H19Cl6O3Sb. The van der Waals surface area contributed by atoms with Crippen molar-refractivity contribution in [1.29, 1.82) is 0 Å². The Bertz CT molecular complexity index is 533. The molecule has 0 radical (unpaired) electrons. The van der Waals surface area contributed by atoms with Crippen LogP contribution in [0.25, 0.3) is 0 Å². The molecule has 0 fully saturated rings. The molecule has 140 valence electrons. The Morgan fingerprint density at radius 3 is 2.21 bits per heavy atom. The zero-order valence-corrected chi connectivity index (χ0v) is 20.0. The van der Waals surface area contributed by atoms with Gasteiger partial charge in [0.25, 0.3) is 0 Å². The molecule has 3 nitrogen and oxygen atoms in total. The summed E-state index contributed by atoms with van der Waals surface area (Å²) in [5.74, 6) is 0.719. The van der Waals surface area contributed by atoms with E-state index < -0.39 is 9.14 Å². The molecule has 1 heterocycles. The Hall–Kier alpha value is 1.21. The number of benzene rings is 1. The van der Waals surface area contributed by atoms with Crippen LogP contribution in [0, 0.1) is 0 Å². The van der Waals surface area contributed by atoms with Gasteiger partial charge in [0.1, 0.15) is 6.42 Å². The fourth-order valence-electron chi connectivity index (χ4n) is 1.84. The molecule has 1 aromatic rings. The van der Waals surface area contributed by atoms with Gasteiger partial charge in [-0.3, -0.25) is 0 Å². The average molecular weight is 570 g/mol. The fraction of sp³-hybridized carbons (Fsp3) is 0.500. The Morgan fingerprint density at radius 2 is 1.67 bits per heavy atom. The molecule has 0 saturated heterocycles. The maximum atomic E-state index is 5.86. The van der Waals surface area contributed by atoms with E-state index in [1.165, 1.54) is 5.56 Å². The summed E-state index contributed by atoms with van der Waals surface area (Å²) >= 11 is 0. The van der Waals surface area contributed by atoms with Gasteiger partial charge in [-0.25, -0.2) is 0 Å². The Morgan fingerprint density at radius 1 is 1.08 bits per heavy atom. The van der Waals surface area contributed by atoms with E-state index in [-0.39, 0.29) is 6.10 Å². The molecule has 1 aliphatic heterocycles. The summed E-state index contributed by atoms with van der Waals surface area (Å²) in [6.07, 6.45) is 1.90. The first-order valence-corrected chi connectivity index (χ1v) is 26.6. The molecule has 0 aliphatic carbocycles. The monoisotopic (exact) mass is 566 g/mol. The van der Waals surface area contributed by atoms with Crippen LogP contribution in [-0.2, 0) is 20.5 Å². The van der Waals surface area contributed by atoms with Crippen LogP contribution in [-0.4, -0.2) is 34.4 Å². The number of esters is 1. The predicted octanol–water partition coefficient (Wildman–Crippen LogP) is 6.22. The fourth-order valence-corrected chi connectivity index (χ4v) is 1.84. The Balaban J connectivity index is 0.000000351. The van der Waals surface area contributed by atoms with Crippen LogP contribution < -0.4 is 0 Å². The van der Waals surface area contributed by atoms with E-state index >= 15 is 0 Å². The first-order chi connectivity index (χ1) is 10.8. The van der Waals surface area contributed by atoms with Gasteiger partial charge < -0.3 is 13.9 Å². The van der Waals surface area contributed by atoms with Gasteiger partial charge in [0.15, 0.2) is 13.2 Å². The van der Waals surface area contributed by atoms with Crippen molar-refractivity contribution in [1.82, 2.24) is 0 Å². The van der Waals surface area contributed by atoms with Gasteiger partial charge in [-0.15, -0.1) is 0 Å². The molecule has 1 aliphatic rings. The molecule has 0 amide bonds. The zero-order chi connectivity index (χ0) is 18.3. The normalized spacial score (nSPS) is 20.8. The van der Waals surface area contributed by atoms with Crippen molar-refractivity contribution in [2.75, 3.05) is 13.2 Å². The number of hydrogen-bond donors (Lipinski definition) is 0. The van der Waals surface area contributed by atoms with Crippen LogP contribution in [0.5, 0.6) is 0 Å². The second-order valence-corrected chi connectivity index (χ2v) is 61.9. The second kappa shape index (κ2) is 8.93. The summed E-state index contributed by atoms with van der Waals surface area (Å²) in [7, 11) is 25.0. The molecule has 2 rings (SSSR count). The molecule has 0 aromatic heterocycles. The van der Waals surface area contributed by atoms with Crippen LogP contribution in [0.3, 0.4) is 0 Å². The van der Waals surface area contributed by atoms with Gasteiger partial charge in [0.2, 0.25) is 0 Å². The second-order valence-electron chi connectivity index (χ2n) is 5.02.